The van der Waals surface area contributed by atoms with Crippen molar-refractivity contribution in [3.63, 3.8) is 0 Å². The molecule has 0 amide bonds. The zero-order valence-electron chi connectivity index (χ0n) is 11.6. The third kappa shape index (κ3) is 3.25. The molecule has 0 radical (unpaired) electrons. The van der Waals surface area contributed by atoms with Crippen LogP contribution in [-0.2, 0) is 10.0 Å². The van der Waals surface area contributed by atoms with Gasteiger partial charge in [-0.1, -0.05) is 29.8 Å². The van der Waals surface area contributed by atoms with Crippen molar-refractivity contribution in [2.24, 2.45) is 0 Å². The summed E-state index contributed by atoms with van der Waals surface area (Å²) in [6.45, 7) is 3.02. The fourth-order valence-electron chi connectivity index (χ4n) is 1.96. The molecule has 0 aromatic heterocycles. The Bertz CT molecular complexity index is 800. The van der Waals surface area contributed by atoms with Crippen LogP contribution in [0.5, 0.6) is 0 Å². The topological polar surface area (TPSA) is 63.2 Å². The molecule has 2 aromatic carbocycles. The fraction of sp³-hybridized carbons (Fsp3) is 0.133. The normalized spacial score (nSPS) is 11.2. The molecule has 0 aliphatic carbocycles. The molecule has 0 heterocycles. The number of ketones is 1. The quantitative estimate of drug-likeness (QED) is 0.873. The maximum Gasteiger partial charge on any atom is 0.262 e. The summed E-state index contributed by atoms with van der Waals surface area (Å²) >= 11 is 5.96. The van der Waals surface area contributed by atoms with Crippen molar-refractivity contribution in [1.82, 2.24) is 0 Å². The first-order valence-electron chi connectivity index (χ1n) is 6.21. The minimum absolute atomic E-state index is 0.0911. The van der Waals surface area contributed by atoms with Crippen molar-refractivity contribution in [2.75, 3.05) is 4.72 Å². The van der Waals surface area contributed by atoms with Gasteiger partial charge in [-0.15, -0.1) is 0 Å². The molecule has 0 saturated heterocycles. The molecule has 2 rings (SSSR count). The number of carbonyl (C=O) groups is 1. The molecule has 0 aliphatic heterocycles. The van der Waals surface area contributed by atoms with E-state index in [1.165, 1.54) is 13.0 Å². The van der Waals surface area contributed by atoms with Crippen LogP contribution in [-0.4, -0.2) is 14.2 Å². The summed E-state index contributed by atoms with van der Waals surface area (Å²) in [6.07, 6.45) is 0. The molecule has 21 heavy (non-hydrogen) atoms. The first-order chi connectivity index (χ1) is 9.83. The van der Waals surface area contributed by atoms with E-state index in [1.54, 1.807) is 43.3 Å². The largest absolute Gasteiger partial charge is 0.294 e. The lowest BCUT2D eigenvalue weighted by atomic mass is 10.1. The second-order valence-electron chi connectivity index (χ2n) is 4.57. The van der Waals surface area contributed by atoms with Gasteiger partial charge in [0.2, 0.25) is 0 Å². The molecule has 0 aliphatic rings. The summed E-state index contributed by atoms with van der Waals surface area (Å²) in [5, 5.41) is 0.373. The molecule has 110 valence electrons. The second-order valence-corrected chi connectivity index (χ2v) is 6.63. The fourth-order valence-corrected chi connectivity index (χ4v) is 3.54. The maximum absolute atomic E-state index is 12.5. The third-order valence-corrected chi connectivity index (χ3v) is 4.98. The Morgan fingerprint density at radius 3 is 2.43 bits per heavy atom. The van der Waals surface area contributed by atoms with Crippen LogP contribution in [0.4, 0.5) is 5.69 Å². The number of nitrogens with one attached hydrogen (secondary N) is 1. The molecule has 0 unspecified atom stereocenters. The average molecular weight is 324 g/mol. The Balaban J connectivity index is 2.48. The molecule has 2 aromatic rings. The summed E-state index contributed by atoms with van der Waals surface area (Å²) in [6, 6.07) is 11.1. The van der Waals surface area contributed by atoms with Crippen LogP contribution in [0.15, 0.2) is 47.4 Å². The number of sulfonamides is 1. The molecular weight excluding hydrogens is 310 g/mol. The van der Waals surface area contributed by atoms with E-state index in [1.807, 2.05) is 0 Å². The van der Waals surface area contributed by atoms with E-state index in [0.717, 1.165) is 0 Å². The summed E-state index contributed by atoms with van der Waals surface area (Å²) in [7, 11) is -3.81. The lowest BCUT2D eigenvalue weighted by Gasteiger charge is -2.13. The molecule has 6 heteroatoms. The van der Waals surface area contributed by atoms with E-state index in [4.69, 9.17) is 11.6 Å². The van der Waals surface area contributed by atoms with Crippen LogP contribution in [0.25, 0.3) is 0 Å². The van der Waals surface area contributed by atoms with Gasteiger partial charge in [0.05, 0.1) is 10.6 Å². The van der Waals surface area contributed by atoms with Crippen LogP contribution in [0.2, 0.25) is 5.02 Å². The second kappa shape index (κ2) is 5.87. The van der Waals surface area contributed by atoms with Gasteiger partial charge in [0, 0.05) is 10.6 Å². The van der Waals surface area contributed by atoms with Crippen molar-refractivity contribution in [2.45, 2.75) is 18.7 Å². The van der Waals surface area contributed by atoms with Gasteiger partial charge in [-0.05, 0) is 43.7 Å². The number of anilines is 1. The van der Waals surface area contributed by atoms with Gasteiger partial charge in [-0.3, -0.25) is 9.52 Å². The van der Waals surface area contributed by atoms with Crippen molar-refractivity contribution in [3.8, 4) is 0 Å². The number of hydrogen-bond donors (Lipinski definition) is 1. The monoisotopic (exact) mass is 323 g/mol. The number of para-hydroxylation sites is 1. The van der Waals surface area contributed by atoms with Crippen molar-refractivity contribution >= 4 is 33.1 Å². The number of rotatable bonds is 4. The van der Waals surface area contributed by atoms with E-state index < -0.39 is 10.0 Å². The number of carbonyl (C=O) groups excluding carboxylic acids is 1. The minimum Gasteiger partial charge on any atom is -0.294 e. The number of Topliss-reactive ketones (excluding diaryl/α,β-unsaturated/α-hetero) is 1. The van der Waals surface area contributed by atoms with Crippen molar-refractivity contribution in [1.29, 1.82) is 0 Å². The first kappa shape index (κ1) is 15.5. The van der Waals surface area contributed by atoms with E-state index in [2.05, 4.69) is 4.72 Å². The smallest absolute Gasteiger partial charge is 0.262 e. The molecule has 0 atom stereocenters. The van der Waals surface area contributed by atoms with E-state index in [0.29, 0.717) is 16.1 Å². The lowest BCUT2D eigenvalue weighted by Crippen LogP contribution is -2.16. The SMILES string of the molecule is CC(=O)c1ccccc1NS(=O)(=O)c1cccc(Cl)c1C. The Morgan fingerprint density at radius 1 is 1.10 bits per heavy atom. The van der Waals surface area contributed by atoms with Crippen LogP contribution < -0.4 is 4.72 Å². The summed E-state index contributed by atoms with van der Waals surface area (Å²) in [5.74, 6) is -0.212. The maximum atomic E-state index is 12.5. The summed E-state index contributed by atoms with van der Waals surface area (Å²) in [5.41, 5.74) is 1.04. The molecule has 0 bridgehead atoms. The van der Waals surface area contributed by atoms with Gasteiger partial charge in [-0.25, -0.2) is 8.42 Å². The molecule has 0 saturated carbocycles. The Hall–Kier alpha value is -1.85. The number of hydrogen-bond acceptors (Lipinski definition) is 3. The van der Waals surface area contributed by atoms with Gasteiger partial charge < -0.3 is 0 Å². The van der Waals surface area contributed by atoms with E-state index in [-0.39, 0.29) is 16.4 Å². The van der Waals surface area contributed by atoms with Crippen molar-refractivity contribution in [3.05, 3.63) is 58.6 Å². The molecule has 1 N–H and O–H groups in total. The summed E-state index contributed by atoms with van der Waals surface area (Å²) < 4.78 is 27.4. The number of halogens is 1. The zero-order valence-corrected chi connectivity index (χ0v) is 13.1. The van der Waals surface area contributed by atoms with Crippen LogP contribution >= 0.6 is 11.6 Å². The van der Waals surface area contributed by atoms with Gasteiger partial charge in [0.25, 0.3) is 10.0 Å². The van der Waals surface area contributed by atoms with Gasteiger partial charge in [0.1, 0.15) is 0 Å². The average Bonchev–Trinajstić information content (AvgIpc) is 2.41. The lowest BCUT2D eigenvalue weighted by molar-refractivity contribution is 0.101. The summed E-state index contributed by atoms with van der Waals surface area (Å²) in [4.78, 5) is 11.6. The predicted molar refractivity (Wildman–Crippen MR) is 83.4 cm³/mol. The van der Waals surface area contributed by atoms with Crippen LogP contribution in [0, 0.1) is 6.92 Å². The van der Waals surface area contributed by atoms with Crippen LogP contribution in [0.3, 0.4) is 0 Å². The van der Waals surface area contributed by atoms with E-state index in [9.17, 15) is 13.2 Å². The highest BCUT2D eigenvalue weighted by Gasteiger charge is 2.20. The molecule has 0 spiro atoms. The highest BCUT2D eigenvalue weighted by Crippen LogP contribution is 2.26. The molecule has 0 fully saturated rings. The van der Waals surface area contributed by atoms with Gasteiger partial charge >= 0.3 is 0 Å². The van der Waals surface area contributed by atoms with Crippen LogP contribution in [0.1, 0.15) is 22.8 Å². The Morgan fingerprint density at radius 2 is 1.76 bits per heavy atom. The Labute approximate surface area is 128 Å². The predicted octanol–water partition coefficient (Wildman–Crippen LogP) is 3.65. The molecule has 4 nitrogen and oxygen atoms in total. The van der Waals surface area contributed by atoms with E-state index >= 15 is 0 Å². The third-order valence-electron chi connectivity index (χ3n) is 3.06. The van der Waals surface area contributed by atoms with Gasteiger partial charge in [-0.2, -0.15) is 0 Å². The van der Waals surface area contributed by atoms with Crippen molar-refractivity contribution < 1.29 is 13.2 Å². The highest BCUT2D eigenvalue weighted by molar-refractivity contribution is 7.92. The first-order valence-corrected chi connectivity index (χ1v) is 8.07. The zero-order chi connectivity index (χ0) is 15.6. The molecular formula is C15H14ClNO3S. The Kier molecular flexibility index (Phi) is 4.34. The standard InChI is InChI=1S/C15H14ClNO3S/c1-10-13(16)7-5-9-15(10)21(19,20)17-14-8-4-3-6-12(14)11(2)18/h3-9,17H,1-2H3. The minimum atomic E-state index is -3.81. The number of benzene rings is 2. The van der Waals surface area contributed by atoms with Gasteiger partial charge in [0.15, 0.2) is 5.78 Å². The highest BCUT2D eigenvalue weighted by atomic mass is 35.5.